The molecule has 0 atom stereocenters. The average molecular weight is 295 g/mol. The lowest BCUT2D eigenvalue weighted by molar-refractivity contribution is 0.0625. The van der Waals surface area contributed by atoms with Gasteiger partial charge >= 0.3 is 0 Å². The molecule has 1 heterocycles. The first-order chi connectivity index (χ1) is 10.1. The number of hydrogen-bond donors (Lipinski definition) is 1. The monoisotopic (exact) mass is 295 g/mol. The van der Waals surface area contributed by atoms with Crippen LogP contribution in [0.3, 0.4) is 0 Å². The van der Waals surface area contributed by atoms with Crippen LogP contribution in [0.5, 0.6) is 0 Å². The molecule has 1 aliphatic heterocycles. The van der Waals surface area contributed by atoms with E-state index in [1.54, 1.807) is 0 Å². The van der Waals surface area contributed by atoms with E-state index < -0.39 is 0 Å². The molecule has 0 spiro atoms. The zero-order chi connectivity index (χ0) is 15.1. The number of ether oxygens (including phenoxy) is 1. The van der Waals surface area contributed by atoms with Crippen molar-refractivity contribution in [2.45, 2.75) is 51.9 Å². The molecule has 0 bridgehead atoms. The Bertz CT molecular complexity index is 331. The van der Waals surface area contributed by atoms with Gasteiger partial charge in [0.15, 0.2) is 5.96 Å². The lowest BCUT2D eigenvalue weighted by Crippen LogP contribution is -2.43. The molecule has 1 aliphatic carbocycles. The molecule has 4 heteroatoms. The van der Waals surface area contributed by atoms with Crippen molar-refractivity contribution in [3.8, 4) is 0 Å². The molecular formula is C17H33N3O. The summed E-state index contributed by atoms with van der Waals surface area (Å²) in [6.07, 6.45) is 9.16. The van der Waals surface area contributed by atoms with Crippen molar-refractivity contribution in [3.05, 3.63) is 0 Å². The molecule has 1 saturated heterocycles. The minimum Gasteiger partial charge on any atom is -0.381 e. The van der Waals surface area contributed by atoms with Crippen LogP contribution in [0.15, 0.2) is 4.99 Å². The molecule has 21 heavy (non-hydrogen) atoms. The maximum absolute atomic E-state index is 5.43. The molecule has 0 aromatic carbocycles. The van der Waals surface area contributed by atoms with Crippen molar-refractivity contribution in [1.29, 1.82) is 0 Å². The molecule has 0 radical (unpaired) electrons. The van der Waals surface area contributed by atoms with Gasteiger partial charge in [0, 0.05) is 40.4 Å². The summed E-state index contributed by atoms with van der Waals surface area (Å²) >= 11 is 0. The van der Waals surface area contributed by atoms with Crippen LogP contribution in [0.4, 0.5) is 0 Å². The van der Waals surface area contributed by atoms with E-state index in [9.17, 15) is 0 Å². The highest BCUT2D eigenvalue weighted by atomic mass is 16.5. The zero-order valence-corrected chi connectivity index (χ0v) is 14.2. The van der Waals surface area contributed by atoms with E-state index in [4.69, 9.17) is 4.74 Å². The van der Waals surface area contributed by atoms with Crippen LogP contribution in [0.2, 0.25) is 0 Å². The fourth-order valence-electron chi connectivity index (χ4n) is 3.60. The first kappa shape index (κ1) is 16.6. The first-order valence-electron chi connectivity index (χ1n) is 8.62. The molecule has 2 fully saturated rings. The number of rotatable bonds is 5. The van der Waals surface area contributed by atoms with E-state index in [0.29, 0.717) is 5.41 Å². The third kappa shape index (κ3) is 5.17. The second kappa shape index (κ2) is 8.02. The summed E-state index contributed by atoms with van der Waals surface area (Å²) in [6.45, 7) is 6.43. The van der Waals surface area contributed by atoms with Gasteiger partial charge in [-0.15, -0.1) is 0 Å². The average Bonchev–Trinajstić information content (AvgIpc) is 2.94. The van der Waals surface area contributed by atoms with Gasteiger partial charge in [-0.1, -0.05) is 19.8 Å². The molecule has 2 rings (SSSR count). The highest BCUT2D eigenvalue weighted by Gasteiger charge is 2.28. The number of nitrogens with zero attached hydrogens (tertiary/aromatic N) is 2. The Labute approximate surface area is 130 Å². The van der Waals surface area contributed by atoms with Crippen LogP contribution in [0.25, 0.3) is 0 Å². The van der Waals surface area contributed by atoms with Crippen molar-refractivity contribution in [2.75, 3.05) is 40.4 Å². The van der Waals surface area contributed by atoms with E-state index in [1.807, 2.05) is 7.05 Å². The Kier molecular flexibility index (Phi) is 6.34. The molecule has 1 saturated carbocycles. The normalized spacial score (nSPS) is 23.3. The maximum Gasteiger partial charge on any atom is 0.193 e. The van der Waals surface area contributed by atoms with Gasteiger partial charge in [0.1, 0.15) is 0 Å². The number of hydrogen-bond acceptors (Lipinski definition) is 2. The standard InChI is InChI=1S/C17H33N3O/c1-17(9-4-5-10-17)14-19-16(18-2)20(3)11-6-15-7-12-21-13-8-15/h15H,4-14H2,1-3H3,(H,18,19). The molecule has 0 unspecified atom stereocenters. The van der Waals surface area contributed by atoms with Crippen LogP contribution >= 0.6 is 0 Å². The summed E-state index contributed by atoms with van der Waals surface area (Å²) in [4.78, 5) is 6.74. The lowest BCUT2D eigenvalue weighted by atomic mass is 9.89. The van der Waals surface area contributed by atoms with Gasteiger partial charge in [0.2, 0.25) is 0 Å². The lowest BCUT2D eigenvalue weighted by Gasteiger charge is -2.30. The van der Waals surface area contributed by atoms with Gasteiger partial charge in [0.05, 0.1) is 0 Å². The highest BCUT2D eigenvalue weighted by Crippen LogP contribution is 2.36. The number of aliphatic imine (C=N–C) groups is 1. The summed E-state index contributed by atoms with van der Waals surface area (Å²) in [5, 5.41) is 3.59. The molecule has 0 aromatic heterocycles. The van der Waals surface area contributed by atoms with Crippen LogP contribution in [0.1, 0.15) is 51.9 Å². The first-order valence-corrected chi connectivity index (χ1v) is 8.62. The van der Waals surface area contributed by atoms with Crippen molar-refractivity contribution in [1.82, 2.24) is 10.2 Å². The fraction of sp³-hybridized carbons (Fsp3) is 0.941. The second-order valence-corrected chi connectivity index (χ2v) is 7.18. The Morgan fingerprint density at radius 2 is 1.95 bits per heavy atom. The van der Waals surface area contributed by atoms with Crippen LogP contribution < -0.4 is 5.32 Å². The zero-order valence-electron chi connectivity index (χ0n) is 14.2. The van der Waals surface area contributed by atoms with Gasteiger partial charge in [0.25, 0.3) is 0 Å². The van der Waals surface area contributed by atoms with Crippen LogP contribution in [-0.4, -0.2) is 51.3 Å². The summed E-state index contributed by atoms with van der Waals surface area (Å²) < 4.78 is 5.43. The Morgan fingerprint density at radius 3 is 2.57 bits per heavy atom. The predicted octanol–water partition coefficient (Wildman–Crippen LogP) is 2.89. The summed E-state index contributed by atoms with van der Waals surface area (Å²) in [5.41, 5.74) is 0.470. The number of nitrogens with one attached hydrogen (secondary N) is 1. The van der Waals surface area contributed by atoms with Crippen molar-refractivity contribution < 1.29 is 4.74 Å². The minimum absolute atomic E-state index is 0.470. The van der Waals surface area contributed by atoms with Gasteiger partial charge < -0.3 is 15.0 Å². The van der Waals surface area contributed by atoms with Gasteiger partial charge in [-0.3, -0.25) is 4.99 Å². The Hall–Kier alpha value is -0.770. The molecule has 0 amide bonds. The minimum atomic E-state index is 0.470. The SMILES string of the molecule is CN=C(NCC1(C)CCCC1)N(C)CCC1CCOCC1. The highest BCUT2D eigenvalue weighted by molar-refractivity contribution is 5.79. The van der Waals surface area contributed by atoms with Crippen molar-refractivity contribution >= 4 is 5.96 Å². The number of guanidine groups is 1. The predicted molar refractivity (Wildman–Crippen MR) is 88.7 cm³/mol. The second-order valence-electron chi connectivity index (χ2n) is 7.18. The third-order valence-electron chi connectivity index (χ3n) is 5.27. The summed E-state index contributed by atoms with van der Waals surface area (Å²) in [7, 11) is 4.05. The molecule has 4 nitrogen and oxygen atoms in total. The molecule has 1 N–H and O–H groups in total. The quantitative estimate of drug-likeness (QED) is 0.626. The fourth-order valence-corrected chi connectivity index (χ4v) is 3.60. The van der Waals surface area contributed by atoms with E-state index in [1.165, 1.54) is 44.9 Å². The van der Waals surface area contributed by atoms with Crippen LogP contribution in [0, 0.1) is 11.3 Å². The van der Waals surface area contributed by atoms with E-state index in [-0.39, 0.29) is 0 Å². The Balaban J connectivity index is 1.71. The maximum atomic E-state index is 5.43. The van der Waals surface area contributed by atoms with Gasteiger partial charge in [-0.2, -0.15) is 0 Å². The third-order valence-corrected chi connectivity index (χ3v) is 5.27. The van der Waals surface area contributed by atoms with E-state index >= 15 is 0 Å². The summed E-state index contributed by atoms with van der Waals surface area (Å²) in [6, 6.07) is 0. The van der Waals surface area contributed by atoms with Crippen LogP contribution in [-0.2, 0) is 4.74 Å². The Morgan fingerprint density at radius 1 is 1.29 bits per heavy atom. The van der Waals surface area contributed by atoms with Gasteiger partial charge in [-0.25, -0.2) is 0 Å². The van der Waals surface area contributed by atoms with E-state index in [0.717, 1.165) is 38.2 Å². The smallest absolute Gasteiger partial charge is 0.193 e. The van der Waals surface area contributed by atoms with Crippen molar-refractivity contribution in [2.24, 2.45) is 16.3 Å². The molecule has 122 valence electrons. The molecular weight excluding hydrogens is 262 g/mol. The largest absolute Gasteiger partial charge is 0.381 e. The topological polar surface area (TPSA) is 36.9 Å². The molecule has 0 aromatic rings. The summed E-state index contributed by atoms with van der Waals surface area (Å²) in [5.74, 6) is 1.88. The van der Waals surface area contributed by atoms with E-state index in [2.05, 4.69) is 29.2 Å². The molecule has 2 aliphatic rings. The van der Waals surface area contributed by atoms with Crippen molar-refractivity contribution in [3.63, 3.8) is 0 Å². The van der Waals surface area contributed by atoms with Gasteiger partial charge in [-0.05, 0) is 43.4 Å².